The van der Waals surface area contributed by atoms with E-state index in [1.54, 1.807) is 0 Å². The second-order valence-corrected chi connectivity index (χ2v) is 26.3. The molecule has 0 saturated carbocycles. The minimum Gasteiger partial charge on any atom is -0.491 e. The van der Waals surface area contributed by atoms with Gasteiger partial charge in [-0.15, -0.1) is 0 Å². The summed E-state index contributed by atoms with van der Waals surface area (Å²) in [4.78, 5) is 0. The highest BCUT2D eigenvalue weighted by molar-refractivity contribution is 5.31. The molecule has 0 atom stereocenters. The van der Waals surface area contributed by atoms with Crippen molar-refractivity contribution in [1.82, 2.24) is 0 Å². The average molecular weight is 1660 g/mol. The van der Waals surface area contributed by atoms with Gasteiger partial charge in [0.1, 0.15) is 12.4 Å². The highest BCUT2D eigenvalue weighted by Crippen LogP contribution is 2.36. The Labute approximate surface area is 682 Å². The molecule has 0 spiro atoms. The van der Waals surface area contributed by atoms with Crippen molar-refractivity contribution in [2.45, 2.75) is 46.5 Å². The monoisotopic (exact) mass is 1660 g/mol. The molecule has 0 aromatic heterocycles. The van der Waals surface area contributed by atoms with E-state index in [1.807, 2.05) is 12.1 Å². The Balaban J connectivity index is 1.60. The van der Waals surface area contributed by atoms with Crippen LogP contribution in [0, 0.1) is 5.41 Å². The lowest BCUT2D eigenvalue weighted by atomic mass is 9.72. The van der Waals surface area contributed by atoms with Crippen LogP contribution >= 0.6 is 0 Å². The molecule has 1 rings (SSSR count). The third-order valence-corrected chi connectivity index (χ3v) is 14.9. The molecule has 0 heterocycles. The van der Waals surface area contributed by atoms with Crippen LogP contribution in [0.4, 0.5) is 0 Å². The molecular formula is C80H154O34. The second-order valence-electron chi connectivity index (χ2n) is 26.3. The standard InChI is InChI=1S/C80H154O34/c1-79(2,3)76-80(4,5)77-6-8-78(9-7-77)114-75-74-113-73-72-112-71-70-111-69-68-110-67-66-109-65-64-108-63-62-107-61-60-106-59-58-105-57-56-104-55-54-103-53-52-102-51-50-101-49-48-100-47-46-99-45-44-98-43-42-97-41-40-96-39-38-95-37-36-94-35-34-93-33-32-92-31-30-91-29-28-90-27-26-89-25-24-88-23-22-87-21-20-86-19-18-85-17-16-84-15-14-83-13-12-82-11-10-81/h6-9,81H,10-76H2,1-5H3. The van der Waals surface area contributed by atoms with E-state index in [0.29, 0.717) is 429 Å². The van der Waals surface area contributed by atoms with Crippen molar-refractivity contribution in [1.29, 1.82) is 0 Å². The second kappa shape index (κ2) is 93.0. The van der Waals surface area contributed by atoms with Gasteiger partial charge in [-0.2, -0.15) is 0 Å². The summed E-state index contributed by atoms with van der Waals surface area (Å²) in [6.07, 6.45) is 1.11. The summed E-state index contributed by atoms with van der Waals surface area (Å²) in [5.41, 5.74) is 1.70. The number of hydrogen-bond donors (Lipinski definition) is 1. The predicted molar refractivity (Wildman–Crippen MR) is 422 cm³/mol. The van der Waals surface area contributed by atoms with Crippen molar-refractivity contribution in [3.8, 4) is 5.75 Å². The van der Waals surface area contributed by atoms with Crippen LogP contribution in [0.2, 0.25) is 0 Å². The van der Waals surface area contributed by atoms with Crippen molar-refractivity contribution in [2.75, 3.05) is 436 Å². The molecule has 114 heavy (non-hydrogen) atoms. The molecule has 678 valence electrons. The number of rotatable bonds is 101. The lowest BCUT2D eigenvalue weighted by Crippen LogP contribution is -2.24. The Hall–Kier alpha value is -2.30. The van der Waals surface area contributed by atoms with E-state index in [-0.39, 0.29) is 17.4 Å². The minimum atomic E-state index is 0.0157. The molecule has 34 nitrogen and oxygen atoms in total. The molecule has 1 N–H and O–H groups in total. The van der Waals surface area contributed by atoms with Gasteiger partial charge in [0, 0.05) is 0 Å². The number of ether oxygens (including phenoxy) is 33. The maximum Gasteiger partial charge on any atom is 0.119 e. The summed E-state index contributed by atoms with van der Waals surface area (Å²) in [6.45, 7) is 42.7. The van der Waals surface area contributed by atoms with Crippen LogP contribution in [0.25, 0.3) is 0 Å². The van der Waals surface area contributed by atoms with Crippen molar-refractivity contribution < 1.29 is 161 Å². The number of aliphatic hydroxyl groups is 1. The molecule has 0 fully saturated rings. The van der Waals surface area contributed by atoms with Crippen molar-refractivity contribution in [3.63, 3.8) is 0 Å². The maximum atomic E-state index is 8.63. The zero-order chi connectivity index (χ0) is 81.7. The third-order valence-electron chi connectivity index (χ3n) is 14.9. The molecule has 0 radical (unpaired) electrons. The van der Waals surface area contributed by atoms with E-state index in [9.17, 15) is 0 Å². The molecule has 34 heteroatoms. The fraction of sp³-hybridized carbons (Fsp3) is 0.925. The summed E-state index contributed by atoms with van der Waals surface area (Å²) in [5, 5.41) is 8.63. The van der Waals surface area contributed by atoms with E-state index in [1.165, 1.54) is 5.56 Å². The van der Waals surface area contributed by atoms with Crippen LogP contribution in [-0.4, -0.2) is 441 Å². The highest BCUT2D eigenvalue weighted by atomic mass is 16.6. The molecule has 0 aliphatic carbocycles. The summed E-state index contributed by atoms with van der Waals surface area (Å²) in [5.74, 6) is 0.853. The third kappa shape index (κ3) is 90.5. The van der Waals surface area contributed by atoms with Crippen LogP contribution in [0.3, 0.4) is 0 Å². The molecule has 1 aromatic carbocycles. The summed E-state index contributed by atoms with van der Waals surface area (Å²) >= 11 is 0. The van der Waals surface area contributed by atoms with Crippen LogP contribution in [0.1, 0.15) is 46.6 Å². The van der Waals surface area contributed by atoms with Crippen LogP contribution < -0.4 is 4.74 Å². The first kappa shape index (κ1) is 110. The first-order chi connectivity index (χ1) is 56.2. The molecule has 0 amide bonds. The fourth-order valence-corrected chi connectivity index (χ4v) is 9.63. The van der Waals surface area contributed by atoms with Crippen LogP contribution in [-0.2, 0) is 157 Å². The van der Waals surface area contributed by atoms with Gasteiger partial charge >= 0.3 is 0 Å². The topological polar surface area (TPSA) is 325 Å². The van der Waals surface area contributed by atoms with E-state index < -0.39 is 0 Å². The quantitative estimate of drug-likeness (QED) is 0.0888. The Kier molecular flexibility index (Phi) is 89.5. The molecular weight excluding hydrogens is 1500 g/mol. The van der Waals surface area contributed by atoms with Crippen molar-refractivity contribution in [2.24, 2.45) is 5.41 Å². The van der Waals surface area contributed by atoms with Gasteiger partial charge < -0.3 is 161 Å². The average Bonchev–Trinajstić information content (AvgIpc) is 0.827. The summed E-state index contributed by atoms with van der Waals surface area (Å²) in [6, 6.07) is 8.41. The number of benzene rings is 1. The molecule has 0 unspecified atom stereocenters. The number of aliphatic hydroxyl groups excluding tert-OH is 1. The Bertz CT molecular complexity index is 1940. The molecule has 0 saturated heterocycles. The van der Waals surface area contributed by atoms with Gasteiger partial charge in [0.15, 0.2) is 0 Å². The summed E-state index contributed by atoms with van der Waals surface area (Å²) in [7, 11) is 0. The largest absolute Gasteiger partial charge is 0.491 e. The van der Waals surface area contributed by atoms with E-state index >= 15 is 0 Å². The van der Waals surface area contributed by atoms with Gasteiger partial charge in [-0.05, 0) is 34.9 Å². The maximum absolute atomic E-state index is 8.63. The lowest BCUT2D eigenvalue weighted by molar-refractivity contribution is -0.0326. The van der Waals surface area contributed by atoms with Gasteiger partial charge in [0.2, 0.25) is 0 Å². The lowest BCUT2D eigenvalue weighted by Gasteiger charge is -2.33. The van der Waals surface area contributed by atoms with Gasteiger partial charge in [0.25, 0.3) is 0 Å². The van der Waals surface area contributed by atoms with Gasteiger partial charge in [0.05, 0.1) is 429 Å². The normalized spacial score (nSPS) is 12.1. The zero-order valence-electron chi connectivity index (χ0n) is 70.6. The Morgan fingerprint density at radius 3 is 0.395 bits per heavy atom. The van der Waals surface area contributed by atoms with E-state index in [2.05, 4.69) is 46.8 Å². The van der Waals surface area contributed by atoms with Gasteiger partial charge in [-0.25, -0.2) is 0 Å². The minimum absolute atomic E-state index is 0.0157. The first-order valence-electron chi connectivity index (χ1n) is 41.1. The van der Waals surface area contributed by atoms with Crippen LogP contribution in [0.15, 0.2) is 24.3 Å². The Morgan fingerprint density at radius 1 is 0.167 bits per heavy atom. The van der Waals surface area contributed by atoms with Crippen molar-refractivity contribution in [3.05, 3.63) is 29.8 Å². The molecule has 0 bridgehead atoms. The van der Waals surface area contributed by atoms with E-state index in [0.717, 1.165) is 12.2 Å². The smallest absolute Gasteiger partial charge is 0.119 e. The highest BCUT2D eigenvalue weighted by Gasteiger charge is 2.27. The molecule has 1 aromatic rings. The van der Waals surface area contributed by atoms with E-state index in [4.69, 9.17) is 161 Å². The molecule has 0 aliphatic heterocycles. The SMILES string of the molecule is CC(C)(C)CC(C)(C)c1ccc(OCCOCCOCCOCCOCCOCCOCCOCCOCCOCCOCCOCCOCCOCCOCCOCCOCCOCCOCCOCCOCCOCCOCCOCCOCCOCCOCCOCCOCCOCCOCCOCCOCCO)cc1. The van der Waals surface area contributed by atoms with Crippen LogP contribution in [0.5, 0.6) is 5.75 Å². The number of hydrogen-bond acceptors (Lipinski definition) is 34. The summed E-state index contributed by atoms with van der Waals surface area (Å²) < 4.78 is 182. The van der Waals surface area contributed by atoms with Crippen molar-refractivity contribution >= 4 is 0 Å². The molecule has 0 aliphatic rings. The zero-order valence-corrected chi connectivity index (χ0v) is 70.6. The fourth-order valence-electron chi connectivity index (χ4n) is 9.63. The predicted octanol–water partition coefficient (Wildman–Crippen LogP) is 4.30. The van der Waals surface area contributed by atoms with Gasteiger partial charge in [-0.3, -0.25) is 0 Å². The first-order valence-corrected chi connectivity index (χ1v) is 41.1. The Morgan fingerprint density at radius 2 is 0.281 bits per heavy atom. The van der Waals surface area contributed by atoms with Gasteiger partial charge in [-0.1, -0.05) is 46.8 Å².